The van der Waals surface area contributed by atoms with Crippen molar-refractivity contribution in [2.45, 2.75) is 75.2 Å². The number of sulfonamides is 1. The third kappa shape index (κ3) is 8.40. The van der Waals surface area contributed by atoms with E-state index in [1.807, 2.05) is 4.90 Å². The van der Waals surface area contributed by atoms with E-state index in [2.05, 4.69) is 9.80 Å². The zero-order chi connectivity index (χ0) is 34.1. The number of thioether (sulfide) groups is 1. The smallest absolute Gasteiger partial charge is 0.390 e. The average molecular weight is 713 g/mol. The van der Waals surface area contributed by atoms with Gasteiger partial charge in [-0.25, -0.2) is 8.42 Å². The normalized spacial score (nSPS) is 21.2. The number of rotatable bonds is 11. The van der Waals surface area contributed by atoms with Crippen LogP contribution in [0.2, 0.25) is 0 Å². The van der Waals surface area contributed by atoms with Crippen LogP contribution in [0, 0.1) is 5.92 Å². The van der Waals surface area contributed by atoms with Crippen LogP contribution in [0.15, 0.2) is 23.1 Å². The van der Waals surface area contributed by atoms with Crippen LogP contribution in [-0.2, 0) is 40.5 Å². The van der Waals surface area contributed by atoms with Crippen molar-refractivity contribution in [2.24, 2.45) is 5.92 Å². The number of amides is 1. The summed E-state index contributed by atoms with van der Waals surface area (Å²) < 4.78 is 70.3. The number of aliphatic hydroxyl groups is 1. The van der Waals surface area contributed by atoms with Crippen LogP contribution in [0.3, 0.4) is 0 Å². The van der Waals surface area contributed by atoms with Crippen LogP contribution >= 0.6 is 11.8 Å². The van der Waals surface area contributed by atoms with Crippen molar-refractivity contribution in [3.05, 3.63) is 35.0 Å². The molecule has 5 heterocycles. The molecule has 0 bridgehead atoms. The molecule has 0 spiro atoms. The summed E-state index contributed by atoms with van der Waals surface area (Å²) >= 11 is 1.19. The zero-order valence-electron chi connectivity index (χ0n) is 27.6. The van der Waals surface area contributed by atoms with Crippen LogP contribution in [-0.4, -0.2) is 125 Å². The van der Waals surface area contributed by atoms with Crippen LogP contribution in [0.4, 0.5) is 13.2 Å². The molecule has 1 aromatic heterocycles. The van der Waals surface area contributed by atoms with Gasteiger partial charge in [-0.2, -0.15) is 22.6 Å². The van der Waals surface area contributed by atoms with Crippen LogP contribution in [0.25, 0.3) is 11.3 Å². The molecule has 10 nitrogen and oxygen atoms in total. The molecule has 3 fully saturated rings. The Bertz CT molecular complexity index is 1550. The minimum absolute atomic E-state index is 0.0296. The Labute approximate surface area is 285 Å². The minimum Gasteiger partial charge on any atom is -0.390 e. The van der Waals surface area contributed by atoms with Crippen LogP contribution in [0.1, 0.15) is 55.3 Å². The van der Waals surface area contributed by atoms with Gasteiger partial charge in [-0.05, 0) is 76.8 Å². The quantitative estimate of drug-likeness (QED) is 0.352. The lowest BCUT2D eigenvalue weighted by Gasteiger charge is -2.34. The van der Waals surface area contributed by atoms with Crippen molar-refractivity contribution in [2.75, 3.05) is 70.9 Å². The number of halogens is 3. The number of aromatic nitrogens is 2. The number of likely N-dealkylation sites (tertiary alicyclic amines) is 3. The second kappa shape index (κ2) is 15.0. The van der Waals surface area contributed by atoms with Gasteiger partial charge in [-0.1, -0.05) is 6.07 Å². The minimum atomic E-state index is -4.51. The van der Waals surface area contributed by atoms with E-state index in [-0.39, 0.29) is 36.4 Å². The molecule has 0 aliphatic carbocycles. The van der Waals surface area contributed by atoms with E-state index in [9.17, 15) is 31.5 Å². The van der Waals surface area contributed by atoms with Crippen molar-refractivity contribution in [3.63, 3.8) is 0 Å². The molecule has 1 N–H and O–H groups in total. The first-order valence-corrected chi connectivity index (χ1v) is 20.0. The fourth-order valence-electron chi connectivity index (χ4n) is 7.56. The van der Waals surface area contributed by atoms with Crippen LogP contribution in [0.5, 0.6) is 0 Å². The molecular weight excluding hydrogens is 666 g/mol. The summed E-state index contributed by atoms with van der Waals surface area (Å²) in [6.45, 7) is 6.69. The number of alkyl halides is 3. The Morgan fingerprint density at radius 2 is 1.69 bits per heavy atom. The Balaban J connectivity index is 1.19. The molecule has 1 atom stereocenters. The summed E-state index contributed by atoms with van der Waals surface area (Å²) in [5, 5.41) is 16.0. The van der Waals surface area contributed by atoms with E-state index >= 15 is 0 Å². The number of β-amino-alcohol motifs (C(OH)–C–C–N with tert-alkyl or cyclic N) is 1. The number of carbonyl (C=O) groups excluding carboxylic acids is 1. The molecule has 266 valence electrons. The van der Waals surface area contributed by atoms with Crippen molar-refractivity contribution < 1.29 is 31.5 Å². The maximum Gasteiger partial charge on any atom is 0.417 e. The zero-order valence-corrected chi connectivity index (χ0v) is 29.3. The first kappa shape index (κ1) is 35.6. The third-order valence-corrected chi connectivity index (χ3v) is 12.5. The number of nitrogens with zero attached hydrogens (tertiary/aromatic N) is 6. The summed E-state index contributed by atoms with van der Waals surface area (Å²) in [6, 6.07) is 4.06. The van der Waals surface area contributed by atoms with E-state index in [4.69, 9.17) is 5.10 Å². The van der Waals surface area contributed by atoms with Gasteiger partial charge in [-0.3, -0.25) is 9.48 Å². The van der Waals surface area contributed by atoms with Gasteiger partial charge in [0, 0.05) is 79.1 Å². The van der Waals surface area contributed by atoms with E-state index in [0.29, 0.717) is 42.1 Å². The molecule has 15 heteroatoms. The molecule has 0 radical (unpaired) electrons. The molecule has 48 heavy (non-hydrogen) atoms. The van der Waals surface area contributed by atoms with Crippen molar-refractivity contribution in [1.29, 1.82) is 0 Å². The van der Waals surface area contributed by atoms with Gasteiger partial charge in [0.2, 0.25) is 15.9 Å². The average Bonchev–Trinajstić information content (AvgIpc) is 3.83. The summed E-state index contributed by atoms with van der Waals surface area (Å²) in [4.78, 5) is 19.4. The highest BCUT2D eigenvalue weighted by Crippen LogP contribution is 2.40. The SMILES string of the molecule is CS(=O)(=O)N1CCc2c(c(-c3ccc(C(F)(F)F)c(SCCN4CCCC4)c3)nn2CC(O)CN2CCC(C(=O)N3CCCC3)CC2)C1. The Hall–Kier alpha value is -2.17. The van der Waals surface area contributed by atoms with E-state index in [1.165, 1.54) is 28.2 Å². The molecule has 4 aliphatic heterocycles. The fourth-order valence-corrected chi connectivity index (χ4v) is 9.47. The molecule has 6 rings (SSSR count). The molecule has 1 unspecified atom stereocenters. The van der Waals surface area contributed by atoms with E-state index < -0.39 is 27.9 Å². The molecule has 1 aromatic carbocycles. The molecule has 4 aliphatic rings. The molecule has 0 saturated carbocycles. The van der Waals surface area contributed by atoms with Crippen LogP contribution < -0.4 is 0 Å². The Morgan fingerprint density at radius 3 is 2.35 bits per heavy atom. The van der Waals surface area contributed by atoms with E-state index in [1.54, 1.807) is 4.68 Å². The van der Waals surface area contributed by atoms with Gasteiger partial charge in [0.25, 0.3) is 0 Å². The topological polar surface area (TPSA) is 102 Å². The highest BCUT2D eigenvalue weighted by atomic mass is 32.2. The second-order valence-corrected chi connectivity index (χ2v) is 16.8. The lowest BCUT2D eigenvalue weighted by molar-refractivity contribution is -0.139. The van der Waals surface area contributed by atoms with Crippen molar-refractivity contribution in [1.82, 2.24) is 28.8 Å². The standard InChI is InChI=1S/C33H47F3N6O4S2/c1-48(45,46)41-17-10-29-27(23-41)31(25-6-7-28(33(34,35)36)30(20-25)47-19-18-38-11-2-3-12-38)37-42(29)22-26(43)21-39-15-8-24(9-16-39)32(44)40-13-4-5-14-40/h6-7,20,24,26,43H,2-5,8-19,21-23H2,1H3. The van der Waals surface area contributed by atoms with Crippen molar-refractivity contribution >= 4 is 27.7 Å². The maximum atomic E-state index is 14.1. The van der Waals surface area contributed by atoms with Gasteiger partial charge < -0.3 is 19.8 Å². The maximum absolute atomic E-state index is 14.1. The monoisotopic (exact) mass is 712 g/mol. The fraction of sp³-hybridized carbons (Fsp3) is 0.697. The number of hydrogen-bond acceptors (Lipinski definition) is 8. The molecule has 3 saturated heterocycles. The van der Waals surface area contributed by atoms with Gasteiger partial charge >= 0.3 is 6.18 Å². The van der Waals surface area contributed by atoms with Gasteiger partial charge in [-0.15, -0.1) is 11.8 Å². The lowest BCUT2D eigenvalue weighted by Crippen LogP contribution is -2.44. The number of piperidine rings is 1. The summed E-state index contributed by atoms with van der Waals surface area (Å²) in [7, 11) is -3.52. The number of benzene rings is 1. The molecule has 1 amide bonds. The number of carbonyl (C=O) groups is 1. The van der Waals surface area contributed by atoms with E-state index in [0.717, 1.165) is 95.8 Å². The number of fused-ring (bicyclic) bond motifs is 1. The van der Waals surface area contributed by atoms with Gasteiger partial charge in [0.15, 0.2) is 0 Å². The lowest BCUT2D eigenvalue weighted by atomic mass is 9.95. The first-order chi connectivity index (χ1) is 22.9. The molecule has 2 aromatic rings. The Kier molecular flexibility index (Phi) is 11.1. The largest absolute Gasteiger partial charge is 0.417 e. The molecular formula is C33H47F3N6O4S2. The predicted molar refractivity (Wildman–Crippen MR) is 179 cm³/mol. The van der Waals surface area contributed by atoms with Gasteiger partial charge in [0.05, 0.1) is 30.2 Å². The predicted octanol–water partition coefficient (Wildman–Crippen LogP) is 3.77. The van der Waals surface area contributed by atoms with Crippen molar-refractivity contribution in [3.8, 4) is 11.3 Å². The number of hydrogen-bond donors (Lipinski definition) is 1. The summed E-state index contributed by atoms with van der Waals surface area (Å²) in [5.41, 5.74) is 1.71. The number of aliphatic hydroxyl groups excluding tert-OH is 1. The highest BCUT2D eigenvalue weighted by Gasteiger charge is 2.36. The van der Waals surface area contributed by atoms with Gasteiger partial charge in [0.1, 0.15) is 0 Å². The highest BCUT2D eigenvalue weighted by molar-refractivity contribution is 7.99. The first-order valence-electron chi connectivity index (χ1n) is 17.2. The summed E-state index contributed by atoms with van der Waals surface area (Å²) in [6.07, 6.45) is 2.13. The second-order valence-electron chi connectivity index (χ2n) is 13.7. The Morgan fingerprint density at radius 1 is 1.00 bits per heavy atom. The third-order valence-electron chi connectivity index (χ3n) is 10.2. The summed E-state index contributed by atoms with van der Waals surface area (Å²) in [5.74, 6) is 0.807.